The third-order valence-corrected chi connectivity index (χ3v) is 16.2. The summed E-state index contributed by atoms with van der Waals surface area (Å²) in [4.78, 5) is 54.0. The zero-order valence-corrected chi connectivity index (χ0v) is 41.0. The summed E-state index contributed by atoms with van der Waals surface area (Å²) in [5.74, 6) is 0. The highest BCUT2D eigenvalue weighted by atomic mass is 35.5. The summed E-state index contributed by atoms with van der Waals surface area (Å²) < 4.78 is 65.5. The van der Waals surface area contributed by atoms with E-state index in [1.165, 1.54) is 27.3 Å². The second-order valence-electron chi connectivity index (χ2n) is 16.8. The molecule has 12 rings (SSSR count). The van der Waals surface area contributed by atoms with Crippen molar-refractivity contribution in [1.29, 1.82) is 0 Å². The predicted octanol–water partition coefficient (Wildman–Crippen LogP) is 7.25. The number of rotatable bonds is 6. The standard InChI is InChI=1S/2C25H20N4O4S.CH2Cl2/c2*1-17-11-13-19(14-12-17)34(32,33)29-22-10-6-5-9-20(22)21-15-16-26-24(30)27(18-7-3-2-4-8-18)25(31)28(26)23(21)29;2-1-3/h2*2-15,23H,16H2,1H3;1H2/t2*23-;/m00./s1. The van der Waals surface area contributed by atoms with Gasteiger partial charge in [0, 0.05) is 22.3 Å². The smallest absolute Gasteiger partial charge is 0.245 e. The average molecular weight is 1030 g/mol. The summed E-state index contributed by atoms with van der Waals surface area (Å²) in [7, 11) is -8.12. The number of para-hydroxylation sites is 4. The van der Waals surface area contributed by atoms with E-state index in [4.69, 9.17) is 23.2 Å². The molecule has 0 N–H and O–H groups in total. The summed E-state index contributed by atoms with van der Waals surface area (Å²) in [6.45, 7) is 4.08. The van der Waals surface area contributed by atoms with Gasteiger partial charge in [0.15, 0.2) is 12.3 Å². The van der Waals surface area contributed by atoms with Crippen LogP contribution in [0.3, 0.4) is 0 Å². The molecule has 6 aromatic carbocycles. The maximum atomic E-state index is 13.9. The first-order chi connectivity index (χ1) is 34.2. The van der Waals surface area contributed by atoms with Crippen LogP contribution in [0.1, 0.15) is 34.6 Å². The third kappa shape index (κ3) is 7.65. The third-order valence-electron chi connectivity index (χ3n) is 12.6. The van der Waals surface area contributed by atoms with Gasteiger partial charge in [-0.15, -0.1) is 23.2 Å². The number of fused-ring (bicyclic) bond motifs is 10. The number of aryl methyl sites for hydroxylation is 2. The Balaban J connectivity index is 0.000000155. The molecule has 8 aromatic rings. The van der Waals surface area contributed by atoms with Crippen molar-refractivity contribution in [2.45, 2.75) is 49.1 Å². The lowest BCUT2D eigenvalue weighted by Gasteiger charge is -2.30. The molecule has 16 nitrogen and oxygen atoms in total. The van der Waals surface area contributed by atoms with Gasteiger partial charge in [0.05, 0.1) is 51.0 Å². The molecule has 2 atom stereocenters. The summed E-state index contributed by atoms with van der Waals surface area (Å²) in [5, 5.41) is 0.194. The molecule has 6 heterocycles. The molecular formula is C51H42Cl2N8O8S2. The number of halogens is 2. The Kier molecular flexibility index (Phi) is 12.1. The Hall–Kier alpha value is -7.64. The number of anilines is 2. The van der Waals surface area contributed by atoms with E-state index in [9.17, 15) is 36.0 Å². The number of sulfonamides is 2. The lowest BCUT2D eigenvalue weighted by atomic mass is 10.1. The topological polar surface area (TPSA) is 173 Å². The first-order valence-electron chi connectivity index (χ1n) is 22.1. The van der Waals surface area contributed by atoms with Gasteiger partial charge in [0.25, 0.3) is 20.0 Å². The maximum absolute atomic E-state index is 13.9. The van der Waals surface area contributed by atoms with Crippen LogP contribution in [-0.2, 0) is 33.1 Å². The fraction of sp³-hybridized carbons (Fsp3) is 0.137. The highest BCUT2D eigenvalue weighted by molar-refractivity contribution is 7.93. The fourth-order valence-corrected chi connectivity index (χ4v) is 12.6. The second kappa shape index (κ2) is 18.3. The second-order valence-corrected chi connectivity index (χ2v) is 21.2. The lowest BCUT2D eigenvalue weighted by Crippen LogP contribution is -2.43. The summed E-state index contributed by atoms with van der Waals surface area (Å²) in [6.07, 6.45) is 1.62. The summed E-state index contributed by atoms with van der Waals surface area (Å²) in [6, 6.07) is 44.8. The van der Waals surface area contributed by atoms with Gasteiger partial charge in [0.2, 0.25) is 0 Å². The minimum absolute atomic E-state index is 0.115. The number of hydrogen-bond donors (Lipinski definition) is 0. The first kappa shape index (κ1) is 47.1. The molecule has 0 fully saturated rings. The van der Waals surface area contributed by atoms with E-state index < -0.39 is 55.1 Å². The molecule has 0 unspecified atom stereocenters. The van der Waals surface area contributed by atoms with Gasteiger partial charge >= 0.3 is 22.8 Å². The van der Waals surface area contributed by atoms with Crippen molar-refractivity contribution in [2.75, 3.05) is 13.9 Å². The molecule has 0 spiro atoms. The molecule has 0 amide bonds. The molecule has 2 aromatic heterocycles. The van der Waals surface area contributed by atoms with Crippen molar-refractivity contribution in [1.82, 2.24) is 27.9 Å². The largest absolute Gasteiger partial charge is 0.354 e. The normalized spacial score (nSPS) is 16.1. The number of aromatic nitrogens is 6. The SMILES string of the molecule is Cc1ccc(S(=O)(=O)N2c3ccccc3C3=CCn4c(=O)n(-c5ccccc5)c(=O)n4[C@H]32)cc1.Cc1ccc(S(=O)(=O)N2c3ccccc3C3=CCn4c(=O)n(-c5ccccc5)c(=O)n4[C@H]32)cc1.ClCCl. The van der Waals surface area contributed by atoms with Crippen molar-refractivity contribution in [3.63, 3.8) is 0 Å². The Morgan fingerprint density at radius 2 is 0.775 bits per heavy atom. The van der Waals surface area contributed by atoms with Crippen LogP contribution in [0.15, 0.2) is 199 Å². The van der Waals surface area contributed by atoms with Crippen molar-refractivity contribution in [3.8, 4) is 11.4 Å². The van der Waals surface area contributed by atoms with E-state index in [1.807, 2.05) is 50.3 Å². The van der Waals surface area contributed by atoms with Gasteiger partial charge in [-0.1, -0.05) is 120 Å². The minimum Gasteiger partial charge on any atom is -0.245 e. The predicted molar refractivity (Wildman–Crippen MR) is 274 cm³/mol. The highest BCUT2D eigenvalue weighted by Crippen LogP contribution is 2.50. The van der Waals surface area contributed by atoms with Crippen LogP contribution in [0.25, 0.3) is 22.5 Å². The van der Waals surface area contributed by atoms with Crippen LogP contribution in [0.4, 0.5) is 11.4 Å². The number of allylic oxidation sites excluding steroid dienone is 2. The summed E-state index contributed by atoms with van der Waals surface area (Å²) in [5.41, 5.74) is 4.25. The average Bonchev–Trinajstić information content (AvgIpc) is 4.06. The van der Waals surface area contributed by atoms with Gasteiger partial charge < -0.3 is 0 Å². The molecule has 0 bridgehead atoms. The number of hydrogen-bond acceptors (Lipinski definition) is 8. The molecule has 4 aliphatic heterocycles. The zero-order valence-electron chi connectivity index (χ0n) is 37.9. The Morgan fingerprint density at radius 1 is 0.451 bits per heavy atom. The molecule has 0 aliphatic carbocycles. The van der Waals surface area contributed by atoms with Crippen LogP contribution >= 0.6 is 23.2 Å². The molecule has 71 heavy (non-hydrogen) atoms. The lowest BCUT2D eigenvalue weighted by molar-refractivity contribution is 0.424. The quantitative estimate of drug-likeness (QED) is 0.157. The van der Waals surface area contributed by atoms with Crippen LogP contribution in [0, 0.1) is 13.8 Å². The molecule has 20 heteroatoms. The van der Waals surface area contributed by atoms with E-state index in [1.54, 1.807) is 133 Å². The van der Waals surface area contributed by atoms with E-state index in [0.29, 0.717) is 33.9 Å². The minimum atomic E-state index is -4.06. The Labute approximate surface area is 416 Å². The first-order valence-corrected chi connectivity index (χ1v) is 26.1. The van der Waals surface area contributed by atoms with E-state index >= 15 is 0 Å². The van der Waals surface area contributed by atoms with E-state index in [0.717, 1.165) is 31.4 Å². The molecule has 0 saturated heterocycles. The van der Waals surface area contributed by atoms with E-state index in [-0.39, 0.29) is 28.2 Å². The van der Waals surface area contributed by atoms with Gasteiger partial charge in [-0.2, -0.15) is 0 Å². The van der Waals surface area contributed by atoms with E-state index in [2.05, 4.69) is 0 Å². The highest BCUT2D eigenvalue weighted by Gasteiger charge is 2.48. The number of nitrogens with zero attached hydrogens (tertiary/aromatic N) is 8. The molecule has 4 aliphatic rings. The maximum Gasteiger partial charge on any atom is 0.354 e. The molecule has 0 saturated carbocycles. The van der Waals surface area contributed by atoms with Gasteiger partial charge in [0.1, 0.15) is 0 Å². The van der Waals surface area contributed by atoms with Crippen molar-refractivity contribution in [3.05, 3.63) is 234 Å². The molecule has 0 radical (unpaired) electrons. The van der Waals surface area contributed by atoms with Crippen molar-refractivity contribution in [2.24, 2.45) is 0 Å². The van der Waals surface area contributed by atoms with Crippen molar-refractivity contribution >= 4 is 65.8 Å². The Morgan fingerprint density at radius 3 is 1.13 bits per heavy atom. The van der Waals surface area contributed by atoms with Gasteiger partial charge in [-0.05, 0) is 74.5 Å². The van der Waals surface area contributed by atoms with Crippen LogP contribution in [0.5, 0.6) is 0 Å². The van der Waals surface area contributed by atoms with Crippen molar-refractivity contribution < 1.29 is 16.8 Å². The van der Waals surface area contributed by atoms with Crippen LogP contribution in [0.2, 0.25) is 0 Å². The zero-order chi connectivity index (χ0) is 49.9. The Bertz CT molecular complexity index is 3680. The van der Waals surface area contributed by atoms with Gasteiger partial charge in [-0.25, -0.2) is 72.5 Å². The number of alkyl halides is 2. The fourth-order valence-electron chi connectivity index (χ4n) is 9.44. The van der Waals surface area contributed by atoms with Crippen LogP contribution < -0.4 is 31.4 Å². The van der Waals surface area contributed by atoms with Gasteiger partial charge in [-0.3, -0.25) is 0 Å². The summed E-state index contributed by atoms with van der Waals surface area (Å²) >= 11 is 9.53. The molecular weight excluding hydrogens is 988 g/mol. The molecule has 360 valence electrons. The van der Waals surface area contributed by atoms with Crippen LogP contribution in [-0.4, -0.2) is 50.0 Å². The number of benzene rings is 6. The monoisotopic (exact) mass is 1030 g/mol.